The Kier molecular flexibility index (Phi) is 11.4. The minimum Gasteiger partial charge on any atom is -0.489 e. The Balaban J connectivity index is 1.47. The van der Waals surface area contributed by atoms with Crippen LogP contribution in [-0.2, 0) is 23.0 Å². The maximum atomic E-state index is 14.5. The van der Waals surface area contributed by atoms with E-state index < -0.39 is 16.1 Å². The van der Waals surface area contributed by atoms with Crippen LogP contribution in [0.2, 0.25) is 0 Å². The van der Waals surface area contributed by atoms with Crippen LogP contribution in [0.5, 0.6) is 11.6 Å². The van der Waals surface area contributed by atoms with Crippen LogP contribution >= 0.6 is 0 Å². The first-order valence-electron chi connectivity index (χ1n) is 18.8. The Morgan fingerprint density at radius 2 is 1.75 bits per heavy atom. The number of hydrogen-bond donors (Lipinski definition) is 1. The smallest absolute Gasteiger partial charge is 0.264 e. The highest BCUT2D eigenvalue weighted by Gasteiger charge is 2.32. The topological polar surface area (TPSA) is 124 Å². The van der Waals surface area contributed by atoms with Gasteiger partial charge < -0.3 is 14.4 Å². The number of pyridine rings is 1. The molecule has 0 saturated heterocycles. The monoisotopic (exact) mass is 739 g/mol. The maximum Gasteiger partial charge on any atom is 0.264 e. The van der Waals surface area contributed by atoms with Gasteiger partial charge in [0.15, 0.2) is 0 Å². The molecule has 11 heteroatoms. The number of aryl methyl sites for hydroxylation is 1. The predicted octanol–water partition coefficient (Wildman–Crippen LogP) is 8.71. The number of amides is 1. The molecule has 2 aromatic carbocycles. The first-order chi connectivity index (χ1) is 25.2. The van der Waals surface area contributed by atoms with Gasteiger partial charge in [-0.3, -0.25) is 9.78 Å². The van der Waals surface area contributed by atoms with Crippen molar-refractivity contribution >= 4 is 21.9 Å². The average Bonchev–Trinajstić information content (AvgIpc) is 3.10. The summed E-state index contributed by atoms with van der Waals surface area (Å²) in [6.07, 6.45) is 9.34. The molecule has 282 valence electrons. The van der Waals surface area contributed by atoms with Crippen molar-refractivity contribution in [3.63, 3.8) is 0 Å². The summed E-state index contributed by atoms with van der Waals surface area (Å²) in [7, 11) is -4.20. The summed E-state index contributed by atoms with van der Waals surface area (Å²) in [6.45, 7) is 14.6. The van der Waals surface area contributed by atoms with Crippen molar-refractivity contribution in [2.45, 2.75) is 117 Å². The van der Waals surface area contributed by atoms with Gasteiger partial charge in [0, 0.05) is 16.7 Å². The molecule has 4 aromatic rings. The number of benzene rings is 2. The number of carbonyl (C=O) groups excluding carboxylic acids is 1. The Bertz CT molecular complexity index is 2040. The summed E-state index contributed by atoms with van der Waals surface area (Å²) in [5.74, 6) is 1.09. The van der Waals surface area contributed by atoms with E-state index in [2.05, 4.69) is 60.6 Å². The van der Waals surface area contributed by atoms with E-state index in [9.17, 15) is 13.2 Å². The first kappa shape index (κ1) is 38.2. The molecular formula is C42H53N5O5S. The van der Waals surface area contributed by atoms with E-state index in [-0.39, 0.29) is 52.9 Å². The van der Waals surface area contributed by atoms with Crippen LogP contribution < -0.4 is 14.2 Å². The van der Waals surface area contributed by atoms with Gasteiger partial charge in [-0.2, -0.15) is 4.98 Å². The van der Waals surface area contributed by atoms with E-state index in [1.807, 2.05) is 32.9 Å². The van der Waals surface area contributed by atoms with Crippen molar-refractivity contribution in [2.75, 3.05) is 11.3 Å². The second-order valence-corrected chi connectivity index (χ2v) is 17.8. The van der Waals surface area contributed by atoms with Gasteiger partial charge in [0.05, 0.1) is 41.2 Å². The summed E-state index contributed by atoms with van der Waals surface area (Å²) >= 11 is 0. The van der Waals surface area contributed by atoms with Crippen molar-refractivity contribution in [1.29, 1.82) is 0 Å². The zero-order valence-corrected chi connectivity index (χ0v) is 32.9. The molecule has 6 rings (SSSR count). The molecule has 1 N–H and O–H groups in total. The van der Waals surface area contributed by atoms with Crippen LogP contribution in [-0.4, -0.2) is 52.9 Å². The van der Waals surface area contributed by atoms with Crippen LogP contribution in [0.1, 0.15) is 106 Å². The highest BCUT2D eigenvalue weighted by atomic mass is 32.2. The summed E-state index contributed by atoms with van der Waals surface area (Å²) in [4.78, 5) is 30.4. The molecule has 1 atom stereocenters. The number of carbonyl (C=O) groups is 1. The number of sulfonamides is 1. The molecule has 1 saturated carbocycles. The van der Waals surface area contributed by atoms with Gasteiger partial charge >= 0.3 is 0 Å². The number of ether oxygens (including phenoxy) is 2. The van der Waals surface area contributed by atoms with Gasteiger partial charge in [-0.05, 0) is 93.3 Å². The van der Waals surface area contributed by atoms with Crippen molar-refractivity contribution in [3.8, 4) is 22.9 Å². The third kappa shape index (κ3) is 9.36. The lowest BCUT2D eigenvalue weighted by Gasteiger charge is -2.35. The molecule has 4 bridgehead atoms. The molecule has 1 fully saturated rings. The largest absolute Gasteiger partial charge is 0.489 e. The molecule has 1 aliphatic heterocycles. The van der Waals surface area contributed by atoms with Crippen LogP contribution in [0, 0.1) is 25.2 Å². The van der Waals surface area contributed by atoms with E-state index in [1.165, 1.54) is 49.8 Å². The fraction of sp³-hybridized carbons (Fsp3) is 0.476. The van der Waals surface area contributed by atoms with Gasteiger partial charge in [0.1, 0.15) is 12.4 Å². The van der Waals surface area contributed by atoms with E-state index in [1.54, 1.807) is 23.2 Å². The van der Waals surface area contributed by atoms with E-state index in [0.717, 1.165) is 17.5 Å². The highest BCUT2D eigenvalue weighted by molar-refractivity contribution is 7.92. The summed E-state index contributed by atoms with van der Waals surface area (Å²) in [5.41, 5.74) is 5.26. The van der Waals surface area contributed by atoms with E-state index >= 15 is 0 Å². The third-order valence-corrected chi connectivity index (χ3v) is 11.3. The Morgan fingerprint density at radius 1 is 1.00 bits per heavy atom. The molecular weight excluding hydrogens is 687 g/mol. The lowest BCUT2D eigenvalue weighted by atomic mass is 9.82. The Hall–Kier alpha value is -4.51. The molecule has 3 heterocycles. The second kappa shape index (κ2) is 15.8. The zero-order valence-electron chi connectivity index (χ0n) is 32.1. The van der Waals surface area contributed by atoms with Crippen molar-refractivity contribution in [3.05, 3.63) is 88.7 Å². The van der Waals surface area contributed by atoms with Crippen LogP contribution in [0.15, 0.2) is 65.7 Å². The van der Waals surface area contributed by atoms with Gasteiger partial charge in [0.2, 0.25) is 11.8 Å². The van der Waals surface area contributed by atoms with Gasteiger partial charge in [-0.25, -0.2) is 18.1 Å². The predicted molar refractivity (Wildman–Crippen MR) is 208 cm³/mol. The minimum absolute atomic E-state index is 0.00436. The van der Waals surface area contributed by atoms with Crippen LogP contribution in [0.3, 0.4) is 0 Å². The number of rotatable bonds is 8. The molecule has 0 radical (unpaired) electrons. The van der Waals surface area contributed by atoms with Crippen molar-refractivity contribution in [1.82, 2.24) is 19.9 Å². The third-order valence-electron chi connectivity index (χ3n) is 10.0. The van der Waals surface area contributed by atoms with Crippen molar-refractivity contribution < 1.29 is 22.7 Å². The Labute approximate surface area is 314 Å². The number of nitrogens with one attached hydrogen (secondary N) is 1. The Morgan fingerprint density at radius 3 is 2.45 bits per heavy atom. The fourth-order valence-electron chi connectivity index (χ4n) is 7.54. The van der Waals surface area contributed by atoms with Gasteiger partial charge in [-0.15, -0.1) is 0 Å². The lowest BCUT2D eigenvalue weighted by molar-refractivity contribution is 0.0508. The lowest BCUT2D eigenvalue weighted by Crippen LogP contribution is -2.45. The van der Waals surface area contributed by atoms with Crippen molar-refractivity contribution in [2.24, 2.45) is 11.3 Å². The molecule has 1 amide bonds. The fourth-order valence-corrected chi connectivity index (χ4v) is 8.52. The molecule has 53 heavy (non-hydrogen) atoms. The van der Waals surface area contributed by atoms with Crippen LogP contribution in [0.4, 0.5) is 5.95 Å². The molecule has 2 aromatic heterocycles. The molecule has 10 nitrogen and oxygen atoms in total. The van der Waals surface area contributed by atoms with Gasteiger partial charge in [0.25, 0.3) is 15.9 Å². The van der Waals surface area contributed by atoms with E-state index in [4.69, 9.17) is 14.5 Å². The quantitative estimate of drug-likeness (QED) is 0.190. The molecule has 1 aliphatic carbocycles. The van der Waals surface area contributed by atoms with E-state index in [0.29, 0.717) is 35.0 Å². The molecule has 2 aliphatic rings. The normalized spacial score (nSPS) is 18.0. The average molecular weight is 740 g/mol. The maximum absolute atomic E-state index is 14.5. The van der Waals surface area contributed by atoms with Crippen LogP contribution in [0.25, 0.3) is 11.3 Å². The molecule has 0 spiro atoms. The highest BCUT2D eigenvalue weighted by Crippen LogP contribution is 2.37. The SMILES string of the molecule is Cc1cccc(CC2CCCCC2)c1-c1nc2nc(c1C)OC[C@@H](CC(C)(C)C)N(Cc1ccc(OC(C)C)cn1)C(=O)c1cccc(c1)S(=O)(=O)N2. The standard InChI is InChI=1S/C42H53N5O5S/c1-27(2)52-35-20-19-33(43-24-35)25-47-34(23-42(5,6)7)26-51-39-29(4)38(37-28(3)13-11-16-31(37)21-30-14-9-8-10-15-30)44-41(45-39)46-53(49,50)36-18-12-17-32(22-36)40(47)48/h11-13,16-20,22,24,27,30,34H,8-10,14-15,21,23,25-26H2,1-7H3,(H,44,45,46)/t34-/m1/s1. The number of nitrogens with zero attached hydrogens (tertiary/aromatic N) is 4. The summed E-state index contributed by atoms with van der Waals surface area (Å²) in [6, 6.07) is 15.7. The summed E-state index contributed by atoms with van der Waals surface area (Å²) < 4.78 is 43.0. The number of hydrogen-bond acceptors (Lipinski definition) is 8. The minimum atomic E-state index is -4.20. The zero-order chi connectivity index (χ0) is 37.9. The second-order valence-electron chi connectivity index (χ2n) is 16.1. The summed E-state index contributed by atoms with van der Waals surface area (Å²) in [5, 5.41) is 0. The number of aromatic nitrogens is 3. The molecule has 0 unspecified atom stereocenters. The van der Waals surface area contributed by atoms with Gasteiger partial charge in [-0.1, -0.05) is 77.1 Å². The first-order valence-corrected chi connectivity index (χ1v) is 20.3. The number of fused-ring (bicyclic) bond motifs is 4. The number of anilines is 1.